The zero-order chi connectivity index (χ0) is 30.4. The number of thiocarbonyl (C=S) groups is 1. The first-order valence-electron chi connectivity index (χ1n) is 13.5. The average molecular weight is 614 g/mol. The molecule has 220 valence electrons. The van der Waals surface area contributed by atoms with Crippen molar-refractivity contribution in [3.05, 3.63) is 66.2 Å². The number of nitriles is 1. The summed E-state index contributed by atoms with van der Waals surface area (Å²) in [7, 11) is 0. The Labute approximate surface area is 251 Å². The van der Waals surface area contributed by atoms with E-state index in [1.165, 1.54) is 30.1 Å². The van der Waals surface area contributed by atoms with Crippen LogP contribution in [0.4, 0.5) is 13.2 Å². The minimum absolute atomic E-state index is 0.0528. The lowest BCUT2D eigenvalue weighted by atomic mass is 10.1. The normalized spacial score (nSPS) is 13.0. The Balaban J connectivity index is 1.43. The van der Waals surface area contributed by atoms with Crippen LogP contribution in [0.5, 0.6) is 17.2 Å². The first-order chi connectivity index (χ1) is 20.1. The molecular weight excluding hydrogens is 583 g/mol. The highest BCUT2D eigenvalue weighted by atomic mass is 32.2. The second-order valence-corrected chi connectivity index (χ2v) is 11.2. The van der Waals surface area contributed by atoms with Gasteiger partial charge < -0.3 is 14.2 Å². The molecular formula is C31H30F3N3O3S2. The standard InChI is InChI=1S/C31H30F3N3O3S2/c1-4-8-22(5-2)42-36-30(41)24(17-35)27(38)18-39-20-11-13-21(14-12-20)40-28-16-15-26-29(19(28)3)23-9-6-7-10-25(23)37(26)31(32,33)34/h6-7,9-16,22,24H,4-5,8,18H2,1-3H3,(H,36,41). The number of ether oxygens (including phenoxy) is 2. The van der Waals surface area contributed by atoms with Crippen molar-refractivity contribution in [1.29, 1.82) is 5.26 Å². The molecule has 0 bridgehead atoms. The summed E-state index contributed by atoms with van der Waals surface area (Å²) >= 11 is 6.73. The average Bonchev–Trinajstić information content (AvgIpc) is 3.32. The molecule has 3 aromatic carbocycles. The Morgan fingerprint density at radius 3 is 2.40 bits per heavy atom. The minimum atomic E-state index is -4.58. The summed E-state index contributed by atoms with van der Waals surface area (Å²) in [5.74, 6) is -0.339. The van der Waals surface area contributed by atoms with Gasteiger partial charge in [0.2, 0.25) is 0 Å². The number of Topliss-reactive ketones (excluding diaryl/α,β-unsaturated/α-hetero) is 1. The smallest absolute Gasteiger partial charge is 0.486 e. The highest BCUT2D eigenvalue weighted by molar-refractivity contribution is 7.99. The van der Waals surface area contributed by atoms with Gasteiger partial charge in [-0.2, -0.15) is 5.26 Å². The van der Waals surface area contributed by atoms with Crippen LogP contribution in [0.15, 0.2) is 60.7 Å². The molecule has 1 N–H and O–H groups in total. The summed E-state index contributed by atoms with van der Waals surface area (Å²) in [5.41, 5.74) is 0.701. The zero-order valence-electron chi connectivity index (χ0n) is 23.3. The monoisotopic (exact) mass is 613 g/mol. The largest absolute Gasteiger partial charge is 0.489 e. The van der Waals surface area contributed by atoms with Gasteiger partial charge in [0.25, 0.3) is 0 Å². The van der Waals surface area contributed by atoms with Crippen molar-refractivity contribution >= 4 is 56.7 Å². The number of ketones is 1. The Bertz CT molecular complexity index is 1630. The molecule has 0 fully saturated rings. The van der Waals surface area contributed by atoms with Gasteiger partial charge in [-0.1, -0.05) is 50.7 Å². The Morgan fingerprint density at radius 2 is 1.76 bits per heavy atom. The number of benzene rings is 3. The minimum Gasteiger partial charge on any atom is -0.486 e. The van der Waals surface area contributed by atoms with Crippen LogP contribution in [0.3, 0.4) is 0 Å². The van der Waals surface area contributed by atoms with Crippen molar-refractivity contribution < 1.29 is 27.4 Å². The third kappa shape index (κ3) is 6.82. The van der Waals surface area contributed by atoms with Gasteiger partial charge in [-0.3, -0.25) is 9.36 Å². The van der Waals surface area contributed by atoms with E-state index in [-0.39, 0.29) is 22.6 Å². The highest BCUT2D eigenvalue weighted by Gasteiger charge is 2.35. The van der Waals surface area contributed by atoms with Crippen molar-refractivity contribution in [2.24, 2.45) is 5.92 Å². The summed E-state index contributed by atoms with van der Waals surface area (Å²) in [6, 6.07) is 17.8. The SMILES string of the molecule is CCCC(CC)SNC(=S)C(C#N)C(=O)COc1ccc(Oc2ccc3c(c2C)c2ccccc2n3C(F)(F)F)cc1. The van der Waals surface area contributed by atoms with Crippen molar-refractivity contribution in [1.82, 2.24) is 9.29 Å². The Morgan fingerprint density at radius 1 is 1.07 bits per heavy atom. The van der Waals surface area contributed by atoms with Crippen LogP contribution in [0, 0.1) is 24.2 Å². The van der Waals surface area contributed by atoms with Gasteiger partial charge in [0.15, 0.2) is 11.7 Å². The maximum Gasteiger partial charge on any atom is 0.489 e. The molecule has 11 heteroatoms. The fraction of sp³-hybridized carbons (Fsp3) is 0.323. The van der Waals surface area contributed by atoms with Gasteiger partial charge in [0.1, 0.15) is 28.8 Å². The number of rotatable bonds is 12. The van der Waals surface area contributed by atoms with Gasteiger partial charge in [0.05, 0.1) is 17.1 Å². The second kappa shape index (κ2) is 13.5. The van der Waals surface area contributed by atoms with Crippen molar-refractivity contribution in [2.45, 2.75) is 51.6 Å². The van der Waals surface area contributed by atoms with Gasteiger partial charge in [0, 0.05) is 21.6 Å². The lowest BCUT2D eigenvalue weighted by Crippen LogP contribution is -2.33. The van der Waals surface area contributed by atoms with Gasteiger partial charge in [-0.05, 0) is 74.2 Å². The molecule has 1 heterocycles. The molecule has 0 saturated heterocycles. The third-order valence-electron chi connectivity index (χ3n) is 6.84. The number of alkyl halides is 3. The van der Waals surface area contributed by atoms with Crippen LogP contribution < -0.4 is 14.2 Å². The lowest BCUT2D eigenvalue weighted by Gasteiger charge is -2.17. The number of nitrogens with zero attached hydrogens (tertiary/aromatic N) is 2. The number of aryl methyl sites for hydroxylation is 1. The molecule has 1 aromatic heterocycles. The molecule has 0 aliphatic rings. The summed E-state index contributed by atoms with van der Waals surface area (Å²) in [4.78, 5) is 12.8. The number of fused-ring (bicyclic) bond motifs is 3. The van der Waals surface area contributed by atoms with E-state index in [9.17, 15) is 23.2 Å². The van der Waals surface area contributed by atoms with E-state index in [2.05, 4.69) is 18.6 Å². The maximum atomic E-state index is 13.9. The van der Waals surface area contributed by atoms with Gasteiger partial charge in [-0.25, -0.2) is 0 Å². The van der Waals surface area contributed by atoms with E-state index < -0.39 is 18.0 Å². The predicted octanol–water partition coefficient (Wildman–Crippen LogP) is 8.60. The van der Waals surface area contributed by atoms with Crippen molar-refractivity contribution in [2.75, 3.05) is 6.61 Å². The number of hydrogen-bond donors (Lipinski definition) is 1. The van der Waals surface area contributed by atoms with Crippen LogP contribution >= 0.6 is 24.2 Å². The molecule has 0 radical (unpaired) electrons. The van der Waals surface area contributed by atoms with E-state index in [0.29, 0.717) is 43.4 Å². The molecule has 0 spiro atoms. The van der Waals surface area contributed by atoms with Gasteiger partial charge >= 0.3 is 6.30 Å². The summed E-state index contributed by atoms with van der Waals surface area (Å²) in [6.45, 7) is 5.56. The highest BCUT2D eigenvalue weighted by Crippen LogP contribution is 2.41. The fourth-order valence-corrected chi connectivity index (χ4v) is 5.96. The molecule has 0 saturated carbocycles. The second-order valence-electron chi connectivity index (χ2n) is 9.70. The topological polar surface area (TPSA) is 76.3 Å². The summed E-state index contributed by atoms with van der Waals surface area (Å²) in [6.07, 6.45) is -1.60. The van der Waals surface area contributed by atoms with Crippen LogP contribution in [0.2, 0.25) is 0 Å². The van der Waals surface area contributed by atoms with Crippen LogP contribution in [-0.4, -0.2) is 27.2 Å². The molecule has 2 unspecified atom stereocenters. The number of nitrogens with one attached hydrogen (secondary N) is 1. The fourth-order valence-electron chi connectivity index (χ4n) is 4.71. The Hall–Kier alpha value is -3.75. The zero-order valence-corrected chi connectivity index (χ0v) is 25.0. The maximum absolute atomic E-state index is 13.9. The van der Waals surface area contributed by atoms with E-state index >= 15 is 0 Å². The first-order valence-corrected chi connectivity index (χ1v) is 14.8. The molecule has 42 heavy (non-hydrogen) atoms. The number of para-hydroxylation sites is 1. The molecule has 0 amide bonds. The third-order valence-corrected chi connectivity index (χ3v) is 8.55. The number of hydrogen-bond acceptors (Lipinski definition) is 6. The molecule has 2 atom stereocenters. The molecule has 4 aromatic rings. The van der Waals surface area contributed by atoms with Crippen molar-refractivity contribution in [3.63, 3.8) is 0 Å². The first kappa shape index (κ1) is 31.2. The summed E-state index contributed by atoms with van der Waals surface area (Å²) < 4.78 is 56.7. The molecule has 0 aliphatic carbocycles. The van der Waals surface area contributed by atoms with Crippen molar-refractivity contribution in [3.8, 4) is 23.3 Å². The number of carbonyl (C=O) groups is 1. The van der Waals surface area contributed by atoms with E-state index in [0.717, 1.165) is 19.3 Å². The Kier molecular flexibility index (Phi) is 10.0. The lowest BCUT2D eigenvalue weighted by molar-refractivity contribution is -0.197. The molecule has 6 nitrogen and oxygen atoms in total. The number of aromatic nitrogens is 1. The van der Waals surface area contributed by atoms with Crippen LogP contribution in [0.1, 0.15) is 38.7 Å². The van der Waals surface area contributed by atoms with Crippen LogP contribution in [0.25, 0.3) is 21.8 Å². The quantitative estimate of drug-likeness (QED) is 0.127. The van der Waals surface area contributed by atoms with Gasteiger partial charge in [-0.15, -0.1) is 13.2 Å². The van der Waals surface area contributed by atoms with E-state index in [4.69, 9.17) is 21.7 Å². The predicted molar refractivity (Wildman–Crippen MR) is 164 cm³/mol. The van der Waals surface area contributed by atoms with E-state index in [1.807, 2.05) is 6.07 Å². The number of halogens is 3. The molecule has 0 aliphatic heterocycles. The molecule has 4 rings (SSSR count). The number of carbonyl (C=O) groups excluding carboxylic acids is 1. The van der Waals surface area contributed by atoms with Crippen LogP contribution in [-0.2, 0) is 11.1 Å². The summed E-state index contributed by atoms with van der Waals surface area (Å²) in [5, 5.41) is 10.8. The van der Waals surface area contributed by atoms with E-state index in [1.54, 1.807) is 49.4 Å².